The number of imidazole rings is 1. The van der Waals surface area contributed by atoms with Crippen molar-refractivity contribution in [1.29, 1.82) is 0 Å². The van der Waals surface area contributed by atoms with E-state index < -0.39 is 0 Å². The third kappa shape index (κ3) is 3.43. The Hall–Kier alpha value is -2.34. The predicted molar refractivity (Wildman–Crippen MR) is 98.4 cm³/mol. The van der Waals surface area contributed by atoms with E-state index >= 15 is 0 Å². The molecule has 1 amide bonds. The smallest absolute Gasteiger partial charge is 0.237 e. The van der Waals surface area contributed by atoms with Crippen LogP contribution in [0.3, 0.4) is 0 Å². The van der Waals surface area contributed by atoms with Gasteiger partial charge in [0.05, 0.1) is 22.5 Å². The lowest BCUT2D eigenvalue weighted by atomic mass is 10.1. The van der Waals surface area contributed by atoms with Crippen molar-refractivity contribution < 1.29 is 4.79 Å². The van der Waals surface area contributed by atoms with Gasteiger partial charge in [0.15, 0.2) is 5.16 Å². The summed E-state index contributed by atoms with van der Waals surface area (Å²) in [5.74, 6) is -0.00141. The standard InChI is InChI=1S/C18H20N4OS/c1-4-15(17(23)22-16-11(2)6-5-7-12(16)3)24-18-20-13-8-9-19-10-14(13)21-18/h5-10,15H,4H2,1-3H3,(H,20,21)(H,22,23)/t15-/m0/s1. The Morgan fingerprint density at radius 1 is 1.29 bits per heavy atom. The van der Waals surface area contributed by atoms with Gasteiger partial charge in [0, 0.05) is 11.9 Å². The summed E-state index contributed by atoms with van der Waals surface area (Å²) in [6.07, 6.45) is 4.17. The normalized spacial score (nSPS) is 12.3. The van der Waals surface area contributed by atoms with Crippen LogP contribution < -0.4 is 5.32 Å². The fourth-order valence-electron chi connectivity index (χ4n) is 2.56. The third-order valence-corrected chi connectivity index (χ3v) is 5.16. The van der Waals surface area contributed by atoms with Gasteiger partial charge in [0.25, 0.3) is 0 Å². The van der Waals surface area contributed by atoms with E-state index in [0.717, 1.165) is 39.4 Å². The van der Waals surface area contributed by atoms with Gasteiger partial charge in [-0.1, -0.05) is 36.9 Å². The van der Waals surface area contributed by atoms with E-state index in [-0.39, 0.29) is 11.2 Å². The number of pyridine rings is 1. The molecule has 1 atom stereocenters. The summed E-state index contributed by atoms with van der Waals surface area (Å²) in [7, 11) is 0. The number of fused-ring (bicyclic) bond motifs is 1. The van der Waals surface area contributed by atoms with E-state index in [2.05, 4.69) is 20.3 Å². The zero-order valence-electron chi connectivity index (χ0n) is 14.0. The Labute approximate surface area is 145 Å². The van der Waals surface area contributed by atoms with Gasteiger partial charge in [-0.25, -0.2) is 4.98 Å². The Bertz CT molecular complexity index is 821. The molecule has 1 aromatic carbocycles. The average molecular weight is 340 g/mol. The summed E-state index contributed by atoms with van der Waals surface area (Å²) in [4.78, 5) is 24.5. The molecule has 0 spiro atoms. The van der Waals surface area contributed by atoms with Gasteiger partial charge < -0.3 is 10.3 Å². The molecule has 0 fully saturated rings. The number of carbonyl (C=O) groups excluding carboxylic acids is 1. The van der Waals surface area contributed by atoms with Gasteiger partial charge >= 0.3 is 0 Å². The quantitative estimate of drug-likeness (QED) is 0.687. The predicted octanol–water partition coefficient (Wildman–Crippen LogP) is 4.08. The van der Waals surface area contributed by atoms with Crippen LogP contribution in [0.4, 0.5) is 5.69 Å². The van der Waals surface area contributed by atoms with E-state index in [4.69, 9.17) is 0 Å². The lowest BCUT2D eigenvalue weighted by molar-refractivity contribution is -0.115. The second-order valence-electron chi connectivity index (χ2n) is 5.71. The van der Waals surface area contributed by atoms with E-state index in [0.29, 0.717) is 0 Å². The first-order valence-electron chi connectivity index (χ1n) is 7.92. The lowest BCUT2D eigenvalue weighted by Gasteiger charge is -2.16. The number of nitrogens with one attached hydrogen (secondary N) is 2. The summed E-state index contributed by atoms with van der Waals surface area (Å²) in [6.45, 7) is 6.01. The number of amides is 1. The molecule has 0 saturated carbocycles. The van der Waals surface area contributed by atoms with Crippen LogP contribution in [0.1, 0.15) is 24.5 Å². The number of benzene rings is 1. The zero-order chi connectivity index (χ0) is 17.1. The number of aryl methyl sites for hydroxylation is 2. The second kappa shape index (κ2) is 7.05. The Balaban J connectivity index is 1.77. The van der Waals surface area contributed by atoms with Crippen LogP contribution in [0.25, 0.3) is 11.0 Å². The number of aromatic amines is 1. The Kier molecular flexibility index (Phi) is 4.85. The van der Waals surface area contributed by atoms with Gasteiger partial charge in [-0.15, -0.1) is 0 Å². The topological polar surface area (TPSA) is 70.7 Å². The molecule has 0 aliphatic carbocycles. The molecule has 0 aliphatic rings. The summed E-state index contributed by atoms with van der Waals surface area (Å²) in [6, 6.07) is 7.86. The maximum absolute atomic E-state index is 12.7. The fraction of sp³-hybridized carbons (Fsp3) is 0.278. The highest BCUT2D eigenvalue weighted by molar-refractivity contribution is 8.00. The first-order valence-corrected chi connectivity index (χ1v) is 8.80. The van der Waals surface area contributed by atoms with Gasteiger partial charge in [0.2, 0.25) is 5.91 Å². The second-order valence-corrected chi connectivity index (χ2v) is 6.90. The van der Waals surface area contributed by atoms with Crippen molar-refractivity contribution in [2.75, 3.05) is 5.32 Å². The monoisotopic (exact) mass is 340 g/mol. The van der Waals surface area contributed by atoms with Crippen LogP contribution in [-0.2, 0) is 4.79 Å². The number of H-pyrrole nitrogens is 1. The number of nitrogens with zero attached hydrogens (tertiary/aromatic N) is 2. The van der Waals surface area contributed by atoms with Crippen LogP contribution in [0.5, 0.6) is 0 Å². The van der Waals surface area contributed by atoms with Gasteiger partial charge in [-0.3, -0.25) is 9.78 Å². The molecule has 0 radical (unpaired) electrons. The van der Waals surface area contributed by atoms with Crippen LogP contribution in [-0.4, -0.2) is 26.1 Å². The minimum absolute atomic E-state index is 0.00141. The molecular formula is C18H20N4OS. The molecule has 6 heteroatoms. The summed E-state index contributed by atoms with van der Waals surface area (Å²) < 4.78 is 0. The first kappa shape index (κ1) is 16.5. The van der Waals surface area contributed by atoms with Crippen LogP contribution in [0.2, 0.25) is 0 Å². The fourth-order valence-corrected chi connectivity index (χ4v) is 3.48. The number of hydrogen-bond donors (Lipinski definition) is 2. The highest BCUT2D eigenvalue weighted by Crippen LogP contribution is 2.27. The number of anilines is 1. The Morgan fingerprint density at radius 2 is 2.04 bits per heavy atom. The molecular weight excluding hydrogens is 320 g/mol. The average Bonchev–Trinajstić information content (AvgIpc) is 2.98. The molecule has 2 heterocycles. The SMILES string of the molecule is CC[C@H](Sc1nc2ccncc2[nH]1)C(=O)Nc1c(C)cccc1C. The lowest BCUT2D eigenvalue weighted by Crippen LogP contribution is -2.25. The number of aromatic nitrogens is 3. The maximum atomic E-state index is 12.7. The largest absolute Gasteiger partial charge is 0.332 e. The summed E-state index contributed by atoms with van der Waals surface area (Å²) in [5.41, 5.74) is 4.77. The van der Waals surface area contributed by atoms with E-state index in [9.17, 15) is 4.79 Å². The molecule has 124 valence electrons. The van der Waals surface area contributed by atoms with Gasteiger partial charge in [0.1, 0.15) is 0 Å². The van der Waals surface area contributed by atoms with Crippen LogP contribution in [0.15, 0.2) is 41.8 Å². The van der Waals surface area contributed by atoms with E-state index in [1.165, 1.54) is 11.8 Å². The van der Waals surface area contributed by atoms with Crippen molar-refractivity contribution in [3.63, 3.8) is 0 Å². The molecule has 24 heavy (non-hydrogen) atoms. The number of thioether (sulfide) groups is 1. The van der Waals surface area contributed by atoms with E-state index in [1.807, 2.05) is 45.0 Å². The van der Waals surface area contributed by atoms with Crippen LogP contribution >= 0.6 is 11.8 Å². The van der Waals surface area contributed by atoms with Gasteiger partial charge in [-0.05, 0) is 37.5 Å². The zero-order valence-corrected chi connectivity index (χ0v) is 14.8. The van der Waals surface area contributed by atoms with Crippen molar-refractivity contribution in [2.24, 2.45) is 0 Å². The highest BCUT2D eigenvalue weighted by atomic mass is 32.2. The molecule has 0 unspecified atom stereocenters. The number of rotatable bonds is 5. The highest BCUT2D eigenvalue weighted by Gasteiger charge is 2.21. The van der Waals surface area contributed by atoms with E-state index in [1.54, 1.807) is 12.4 Å². The number of hydrogen-bond acceptors (Lipinski definition) is 4. The molecule has 5 nitrogen and oxygen atoms in total. The van der Waals surface area contributed by atoms with Crippen molar-refractivity contribution in [3.05, 3.63) is 47.8 Å². The molecule has 2 aromatic heterocycles. The van der Waals surface area contributed by atoms with Crippen molar-refractivity contribution >= 4 is 34.4 Å². The molecule has 3 rings (SSSR count). The molecule has 2 N–H and O–H groups in total. The molecule has 0 saturated heterocycles. The third-order valence-electron chi connectivity index (χ3n) is 3.91. The maximum Gasteiger partial charge on any atom is 0.237 e. The minimum atomic E-state index is -0.211. The molecule has 0 bridgehead atoms. The van der Waals surface area contributed by atoms with Crippen molar-refractivity contribution in [2.45, 2.75) is 37.6 Å². The van der Waals surface area contributed by atoms with Crippen molar-refractivity contribution in [3.8, 4) is 0 Å². The molecule has 3 aromatic rings. The molecule has 0 aliphatic heterocycles. The summed E-state index contributed by atoms with van der Waals surface area (Å²) >= 11 is 1.45. The number of carbonyl (C=O) groups is 1. The Morgan fingerprint density at radius 3 is 2.71 bits per heavy atom. The minimum Gasteiger partial charge on any atom is -0.332 e. The van der Waals surface area contributed by atoms with Gasteiger partial charge in [-0.2, -0.15) is 0 Å². The van der Waals surface area contributed by atoms with Crippen LogP contribution in [0, 0.1) is 13.8 Å². The number of para-hydroxylation sites is 1. The first-order chi connectivity index (χ1) is 11.6. The van der Waals surface area contributed by atoms with Crippen molar-refractivity contribution in [1.82, 2.24) is 15.0 Å². The summed E-state index contributed by atoms with van der Waals surface area (Å²) in [5, 5.41) is 3.60.